The van der Waals surface area contributed by atoms with Crippen LogP contribution in [0.1, 0.15) is 5.89 Å². The third kappa shape index (κ3) is 1.89. The molecule has 3 rings (SSSR count). The quantitative estimate of drug-likeness (QED) is 0.653. The zero-order chi connectivity index (χ0) is 11.8. The first-order valence-electron chi connectivity index (χ1n) is 5.21. The number of benzene rings is 1. The molecule has 2 heterocycles. The number of pyridine rings is 1. The predicted molar refractivity (Wildman–Crippen MR) is 67.0 cm³/mol. The summed E-state index contributed by atoms with van der Waals surface area (Å²) in [7, 11) is 0. The van der Waals surface area contributed by atoms with Crippen LogP contribution in [-0.4, -0.2) is 9.97 Å². The predicted octanol–water partition coefficient (Wildman–Crippen LogP) is 3.85. The number of hydrogen-bond acceptors (Lipinski definition) is 3. The van der Waals surface area contributed by atoms with Crippen LogP contribution in [0.25, 0.3) is 22.4 Å². The molecule has 0 saturated carbocycles. The highest BCUT2D eigenvalue weighted by molar-refractivity contribution is 6.30. The van der Waals surface area contributed by atoms with Crippen molar-refractivity contribution in [1.29, 1.82) is 0 Å². The summed E-state index contributed by atoms with van der Waals surface area (Å²) < 4.78 is 5.45. The maximum Gasteiger partial charge on any atom is 0.198 e. The minimum atomic E-state index is 0.621. The van der Waals surface area contributed by atoms with E-state index in [0.29, 0.717) is 22.1 Å². The second kappa shape index (κ2) is 3.86. The molecule has 0 atom stereocenters. The van der Waals surface area contributed by atoms with E-state index in [1.54, 1.807) is 13.1 Å². The Bertz CT molecular complexity index is 691. The number of oxazole rings is 1. The first-order valence-corrected chi connectivity index (χ1v) is 5.59. The van der Waals surface area contributed by atoms with Crippen molar-refractivity contribution in [3.63, 3.8) is 0 Å². The molecule has 3 nitrogen and oxygen atoms in total. The molecule has 2 aromatic heterocycles. The summed E-state index contributed by atoms with van der Waals surface area (Å²) in [5, 5.41) is 0.705. The van der Waals surface area contributed by atoms with Gasteiger partial charge in [-0.2, -0.15) is 4.98 Å². The average Bonchev–Trinajstić information content (AvgIpc) is 2.68. The SMILES string of the molecule is Cc1nc2ncc(-c3cccc(Cl)c3)cc2o1. The van der Waals surface area contributed by atoms with Gasteiger partial charge in [-0.05, 0) is 23.8 Å². The molecule has 1 aromatic carbocycles. The summed E-state index contributed by atoms with van der Waals surface area (Å²) in [6.07, 6.45) is 1.77. The van der Waals surface area contributed by atoms with E-state index < -0.39 is 0 Å². The number of aryl methyl sites for hydroxylation is 1. The molecule has 0 unspecified atom stereocenters. The summed E-state index contributed by atoms with van der Waals surface area (Å²) in [5.41, 5.74) is 3.31. The van der Waals surface area contributed by atoms with Crippen LogP contribution < -0.4 is 0 Å². The molecular weight excluding hydrogens is 236 g/mol. The van der Waals surface area contributed by atoms with Gasteiger partial charge in [0.05, 0.1) is 0 Å². The van der Waals surface area contributed by atoms with Crippen molar-refractivity contribution in [1.82, 2.24) is 9.97 Å². The lowest BCUT2D eigenvalue weighted by atomic mass is 10.1. The maximum atomic E-state index is 5.96. The molecule has 0 N–H and O–H groups in total. The number of aromatic nitrogens is 2. The zero-order valence-corrected chi connectivity index (χ0v) is 9.90. The normalized spacial score (nSPS) is 10.9. The molecule has 0 radical (unpaired) electrons. The number of fused-ring (bicyclic) bond motifs is 1. The minimum Gasteiger partial charge on any atom is -0.439 e. The van der Waals surface area contributed by atoms with Gasteiger partial charge in [0.25, 0.3) is 0 Å². The Balaban J connectivity index is 2.17. The van der Waals surface area contributed by atoms with Crippen molar-refractivity contribution < 1.29 is 4.42 Å². The molecule has 0 aliphatic rings. The smallest absolute Gasteiger partial charge is 0.198 e. The molecule has 0 aliphatic heterocycles. The highest BCUT2D eigenvalue weighted by Crippen LogP contribution is 2.25. The van der Waals surface area contributed by atoms with Crippen LogP contribution in [0.4, 0.5) is 0 Å². The Morgan fingerprint density at radius 1 is 1.18 bits per heavy atom. The van der Waals surface area contributed by atoms with Gasteiger partial charge in [0.2, 0.25) is 0 Å². The number of halogens is 1. The Hall–Kier alpha value is -1.87. The summed E-state index contributed by atoms with van der Waals surface area (Å²) in [6.45, 7) is 1.81. The Morgan fingerprint density at radius 2 is 2.06 bits per heavy atom. The van der Waals surface area contributed by atoms with Crippen LogP contribution in [0.2, 0.25) is 5.02 Å². The molecule has 0 fully saturated rings. The van der Waals surface area contributed by atoms with Crippen LogP contribution in [0.3, 0.4) is 0 Å². The maximum absolute atomic E-state index is 5.96. The van der Waals surface area contributed by atoms with Crippen LogP contribution in [0.5, 0.6) is 0 Å². The zero-order valence-electron chi connectivity index (χ0n) is 9.14. The number of hydrogen-bond donors (Lipinski definition) is 0. The van der Waals surface area contributed by atoms with E-state index in [1.807, 2.05) is 30.3 Å². The van der Waals surface area contributed by atoms with E-state index in [9.17, 15) is 0 Å². The van der Waals surface area contributed by atoms with Gasteiger partial charge in [0.15, 0.2) is 17.1 Å². The standard InChI is InChI=1S/C13H9ClN2O/c1-8-16-13-12(17-8)6-10(7-15-13)9-3-2-4-11(14)5-9/h2-7H,1H3. The monoisotopic (exact) mass is 244 g/mol. The highest BCUT2D eigenvalue weighted by atomic mass is 35.5. The van der Waals surface area contributed by atoms with E-state index in [2.05, 4.69) is 9.97 Å². The molecule has 0 bridgehead atoms. The van der Waals surface area contributed by atoms with Gasteiger partial charge in [-0.25, -0.2) is 4.98 Å². The molecular formula is C13H9ClN2O. The minimum absolute atomic E-state index is 0.621. The fraction of sp³-hybridized carbons (Fsp3) is 0.0769. The van der Waals surface area contributed by atoms with Crippen molar-refractivity contribution in [2.24, 2.45) is 0 Å². The molecule has 84 valence electrons. The third-order valence-corrected chi connectivity index (χ3v) is 2.75. The fourth-order valence-corrected chi connectivity index (χ4v) is 1.94. The molecule has 0 amide bonds. The van der Waals surface area contributed by atoms with Crippen LogP contribution in [0, 0.1) is 6.92 Å². The molecule has 3 aromatic rings. The van der Waals surface area contributed by atoms with Crippen LogP contribution in [-0.2, 0) is 0 Å². The molecule has 4 heteroatoms. The van der Waals surface area contributed by atoms with Crippen molar-refractivity contribution in [2.75, 3.05) is 0 Å². The van der Waals surface area contributed by atoms with Gasteiger partial charge in [-0.15, -0.1) is 0 Å². The number of rotatable bonds is 1. The lowest BCUT2D eigenvalue weighted by Crippen LogP contribution is -1.81. The van der Waals surface area contributed by atoms with Gasteiger partial charge in [0, 0.05) is 23.7 Å². The second-order valence-corrected chi connectivity index (χ2v) is 4.23. The van der Waals surface area contributed by atoms with Gasteiger partial charge < -0.3 is 4.42 Å². The first kappa shape index (κ1) is 10.3. The Labute approximate surface area is 103 Å². The van der Waals surface area contributed by atoms with Gasteiger partial charge in [0.1, 0.15) is 0 Å². The average molecular weight is 245 g/mol. The topological polar surface area (TPSA) is 38.9 Å². The lowest BCUT2D eigenvalue weighted by Gasteiger charge is -2.00. The molecule has 0 spiro atoms. The summed E-state index contributed by atoms with van der Waals surface area (Å²) >= 11 is 5.96. The van der Waals surface area contributed by atoms with Crippen molar-refractivity contribution in [2.45, 2.75) is 6.92 Å². The fourth-order valence-electron chi connectivity index (χ4n) is 1.75. The second-order valence-electron chi connectivity index (χ2n) is 3.79. The van der Waals surface area contributed by atoms with Crippen molar-refractivity contribution >= 4 is 22.8 Å². The Morgan fingerprint density at radius 3 is 2.88 bits per heavy atom. The summed E-state index contributed by atoms with van der Waals surface area (Å²) in [6, 6.07) is 9.56. The molecule has 17 heavy (non-hydrogen) atoms. The van der Waals surface area contributed by atoms with Crippen molar-refractivity contribution in [3.8, 4) is 11.1 Å². The van der Waals surface area contributed by atoms with Crippen molar-refractivity contribution in [3.05, 3.63) is 47.4 Å². The van der Waals surface area contributed by atoms with Gasteiger partial charge >= 0.3 is 0 Å². The Kier molecular flexibility index (Phi) is 2.34. The number of nitrogens with zero attached hydrogens (tertiary/aromatic N) is 2. The van der Waals surface area contributed by atoms with Gasteiger partial charge in [-0.1, -0.05) is 23.7 Å². The van der Waals surface area contributed by atoms with E-state index in [1.165, 1.54) is 0 Å². The molecule has 0 saturated heterocycles. The van der Waals surface area contributed by atoms with E-state index in [0.717, 1.165) is 11.1 Å². The highest BCUT2D eigenvalue weighted by Gasteiger charge is 2.06. The summed E-state index contributed by atoms with van der Waals surface area (Å²) in [4.78, 5) is 8.42. The van der Waals surface area contributed by atoms with E-state index >= 15 is 0 Å². The van der Waals surface area contributed by atoms with E-state index in [-0.39, 0.29) is 0 Å². The van der Waals surface area contributed by atoms with Gasteiger partial charge in [-0.3, -0.25) is 0 Å². The van der Waals surface area contributed by atoms with Crippen LogP contribution >= 0.6 is 11.6 Å². The lowest BCUT2D eigenvalue weighted by molar-refractivity contribution is 0.561. The summed E-state index contributed by atoms with van der Waals surface area (Å²) in [5.74, 6) is 0.621. The largest absolute Gasteiger partial charge is 0.439 e. The molecule has 0 aliphatic carbocycles. The first-order chi connectivity index (χ1) is 8.22. The van der Waals surface area contributed by atoms with Crippen LogP contribution in [0.15, 0.2) is 40.9 Å². The third-order valence-electron chi connectivity index (χ3n) is 2.51. The van der Waals surface area contributed by atoms with E-state index in [4.69, 9.17) is 16.0 Å².